The highest BCUT2D eigenvalue weighted by Gasteiger charge is 2.18. The first-order valence-corrected chi connectivity index (χ1v) is 6.56. The summed E-state index contributed by atoms with van der Waals surface area (Å²) in [5.41, 5.74) is 6.93. The van der Waals surface area contributed by atoms with Crippen LogP contribution in [-0.4, -0.2) is 0 Å². The molecule has 2 aromatic rings. The van der Waals surface area contributed by atoms with Crippen LogP contribution in [0.25, 0.3) is 11.1 Å². The zero-order valence-electron chi connectivity index (χ0n) is 12.0. The Hall–Kier alpha value is -1.56. The number of rotatable bonds is 1. The van der Waals surface area contributed by atoms with Crippen molar-refractivity contribution in [3.63, 3.8) is 0 Å². The maximum atomic E-state index is 2.28. The fourth-order valence-corrected chi connectivity index (χ4v) is 2.52. The Balaban J connectivity index is 2.64. The van der Waals surface area contributed by atoms with Gasteiger partial charge in [-0.25, -0.2) is 0 Å². The zero-order valence-corrected chi connectivity index (χ0v) is 12.0. The van der Waals surface area contributed by atoms with Crippen LogP contribution in [0.2, 0.25) is 0 Å². The SMILES string of the molecule is Cc1cc(C)cc(-c2ccccc2C(C)(C)C)c1. The summed E-state index contributed by atoms with van der Waals surface area (Å²) < 4.78 is 0. The van der Waals surface area contributed by atoms with Crippen molar-refractivity contribution in [3.05, 3.63) is 59.2 Å². The first-order valence-electron chi connectivity index (χ1n) is 6.56. The fourth-order valence-electron chi connectivity index (χ4n) is 2.52. The first-order chi connectivity index (χ1) is 8.38. The Morgan fingerprint density at radius 3 is 1.89 bits per heavy atom. The van der Waals surface area contributed by atoms with Gasteiger partial charge in [-0.3, -0.25) is 0 Å². The lowest BCUT2D eigenvalue weighted by Crippen LogP contribution is -2.12. The van der Waals surface area contributed by atoms with Crippen LogP contribution in [0.3, 0.4) is 0 Å². The molecule has 0 fully saturated rings. The molecular weight excluding hydrogens is 216 g/mol. The van der Waals surface area contributed by atoms with Crippen molar-refractivity contribution >= 4 is 0 Å². The molecule has 0 aliphatic heterocycles. The van der Waals surface area contributed by atoms with E-state index in [-0.39, 0.29) is 5.41 Å². The van der Waals surface area contributed by atoms with Gasteiger partial charge in [-0.15, -0.1) is 0 Å². The number of benzene rings is 2. The molecule has 0 heteroatoms. The Morgan fingerprint density at radius 1 is 0.778 bits per heavy atom. The Kier molecular flexibility index (Phi) is 3.30. The maximum absolute atomic E-state index is 2.28. The van der Waals surface area contributed by atoms with Gasteiger partial charge in [0.05, 0.1) is 0 Å². The van der Waals surface area contributed by atoms with E-state index in [2.05, 4.69) is 77.1 Å². The minimum absolute atomic E-state index is 0.175. The lowest BCUT2D eigenvalue weighted by Gasteiger charge is -2.23. The third kappa shape index (κ3) is 2.64. The van der Waals surface area contributed by atoms with Crippen LogP contribution in [0.1, 0.15) is 37.5 Å². The molecule has 0 spiro atoms. The van der Waals surface area contributed by atoms with Crippen molar-refractivity contribution in [2.45, 2.75) is 40.0 Å². The minimum atomic E-state index is 0.175. The second-order valence-electron chi connectivity index (χ2n) is 6.17. The molecular formula is C18H22. The van der Waals surface area contributed by atoms with Gasteiger partial charge in [0.25, 0.3) is 0 Å². The quantitative estimate of drug-likeness (QED) is 0.635. The van der Waals surface area contributed by atoms with Crippen LogP contribution in [0.4, 0.5) is 0 Å². The van der Waals surface area contributed by atoms with Crippen molar-refractivity contribution in [1.82, 2.24) is 0 Å². The van der Waals surface area contributed by atoms with Crippen molar-refractivity contribution in [3.8, 4) is 11.1 Å². The van der Waals surface area contributed by atoms with E-state index in [1.54, 1.807) is 0 Å². The smallest absolute Gasteiger partial charge is 0.0126 e. The van der Waals surface area contributed by atoms with Crippen LogP contribution >= 0.6 is 0 Å². The highest BCUT2D eigenvalue weighted by atomic mass is 14.2. The molecule has 0 unspecified atom stereocenters. The predicted octanol–water partition coefficient (Wildman–Crippen LogP) is 5.27. The third-order valence-corrected chi connectivity index (χ3v) is 3.27. The molecule has 0 atom stereocenters. The van der Waals surface area contributed by atoms with E-state index in [1.165, 1.54) is 27.8 Å². The molecule has 2 aromatic carbocycles. The van der Waals surface area contributed by atoms with Crippen molar-refractivity contribution < 1.29 is 0 Å². The van der Waals surface area contributed by atoms with Crippen molar-refractivity contribution in [2.75, 3.05) is 0 Å². The van der Waals surface area contributed by atoms with Gasteiger partial charge in [-0.05, 0) is 36.0 Å². The summed E-state index contributed by atoms with van der Waals surface area (Å²) in [5, 5.41) is 0. The number of hydrogen-bond acceptors (Lipinski definition) is 0. The summed E-state index contributed by atoms with van der Waals surface area (Å²) in [6, 6.07) is 15.5. The Labute approximate surface area is 111 Å². The molecule has 0 amide bonds. The lowest BCUT2D eigenvalue weighted by atomic mass is 9.81. The monoisotopic (exact) mass is 238 g/mol. The summed E-state index contributed by atoms with van der Waals surface area (Å²) in [4.78, 5) is 0. The number of hydrogen-bond donors (Lipinski definition) is 0. The second kappa shape index (κ2) is 4.61. The van der Waals surface area contributed by atoms with E-state index in [0.29, 0.717) is 0 Å². The van der Waals surface area contributed by atoms with Crippen molar-refractivity contribution in [2.24, 2.45) is 0 Å². The average Bonchev–Trinajstić information content (AvgIpc) is 2.26. The van der Waals surface area contributed by atoms with Gasteiger partial charge in [-0.2, -0.15) is 0 Å². The van der Waals surface area contributed by atoms with Gasteiger partial charge >= 0.3 is 0 Å². The van der Waals surface area contributed by atoms with Crippen molar-refractivity contribution in [1.29, 1.82) is 0 Å². The van der Waals surface area contributed by atoms with E-state index in [9.17, 15) is 0 Å². The molecule has 0 saturated heterocycles. The Bertz CT molecular complexity index is 536. The summed E-state index contributed by atoms with van der Waals surface area (Å²) in [7, 11) is 0. The largest absolute Gasteiger partial charge is 0.0619 e. The zero-order chi connectivity index (χ0) is 13.3. The molecule has 0 bridgehead atoms. The fraction of sp³-hybridized carbons (Fsp3) is 0.333. The van der Waals surface area contributed by atoms with Crippen LogP contribution in [0, 0.1) is 13.8 Å². The van der Waals surface area contributed by atoms with Crippen LogP contribution in [0.5, 0.6) is 0 Å². The molecule has 0 saturated carbocycles. The van der Waals surface area contributed by atoms with Crippen LogP contribution in [-0.2, 0) is 5.41 Å². The van der Waals surface area contributed by atoms with Gasteiger partial charge in [0, 0.05) is 0 Å². The predicted molar refractivity (Wildman–Crippen MR) is 80.1 cm³/mol. The summed E-state index contributed by atoms with van der Waals surface area (Å²) in [6.45, 7) is 11.1. The van der Waals surface area contributed by atoms with E-state index >= 15 is 0 Å². The molecule has 18 heavy (non-hydrogen) atoms. The third-order valence-electron chi connectivity index (χ3n) is 3.27. The molecule has 0 radical (unpaired) electrons. The molecule has 0 aromatic heterocycles. The van der Waals surface area contributed by atoms with E-state index in [4.69, 9.17) is 0 Å². The van der Waals surface area contributed by atoms with E-state index in [1.807, 2.05) is 0 Å². The van der Waals surface area contributed by atoms with Gasteiger partial charge < -0.3 is 0 Å². The molecule has 2 rings (SSSR count). The molecule has 94 valence electrons. The minimum Gasteiger partial charge on any atom is -0.0619 e. The Morgan fingerprint density at radius 2 is 1.33 bits per heavy atom. The first kappa shape index (κ1) is 12.9. The second-order valence-corrected chi connectivity index (χ2v) is 6.17. The van der Waals surface area contributed by atoms with Crippen LogP contribution < -0.4 is 0 Å². The highest BCUT2D eigenvalue weighted by molar-refractivity contribution is 5.70. The van der Waals surface area contributed by atoms with E-state index in [0.717, 1.165) is 0 Å². The summed E-state index contributed by atoms with van der Waals surface area (Å²) in [6.07, 6.45) is 0. The van der Waals surface area contributed by atoms with Gasteiger partial charge in [0.1, 0.15) is 0 Å². The number of aryl methyl sites for hydroxylation is 2. The molecule has 0 aliphatic carbocycles. The lowest BCUT2D eigenvalue weighted by molar-refractivity contribution is 0.592. The van der Waals surface area contributed by atoms with Gasteiger partial charge in [0.15, 0.2) is 0 Å². The standard InChI is InChI=1S/C18H22/c1-13-10-14(2)12-15(11-13)16-8-6-7-9-17(16)18(3,4)5/h6-12H,1-5H3. The van der Waals surface area contributed by atoms with E-state index < -0.39 is 0 Å². The molecule has 0 aliphatic rings. The molecule has 0 N–H and O–H groups in total. The molecule has 0 heterocycles. The summed E-state index contributed by atoms with van der Waals surface area (Å²) >= 11 is 0. The topological polar surface area (TPSA) is 0 Å². The molecule has 0 nitrogen and oxygen atoms in total. The van der Waals surface area contributed by atoms with Gasteiger partial charge in [-0.1, -0.05) is 74.4 Å². The maximum Gasteiger partial charge on any atom is -0.0126 e. The van der Waals surface area contributed by atoms with Gasteiger partial charge in [0.2, 0.25) is 0 Å². The van der Waals surface area contributed by atoms with Crippen LogP contribution in [0.15, 0.2) is 42.5 Å². The average molecular weight is 238 g/mol. The normalized spacial score (nSPS) is 11.6. The summed E-state index contributed by atoms with van der Waals surface area (Å²) in [5.74, 6) is 0. The highest BCUT2D eigenvalue weighted by Crippen LogP contribution is 2.33.